The van der Waals surface area contributed by atoms with Crippen LogP contribution in [0, 0.1) is 6.92 Å². The third kappa shape index (κ3) is 3.25. The lowest BCUT2D eigenvalue weighted by atomic mass is 10.1. The maximum Gasteiger partial charge on any atom is 0.173 e. The van der Waals surface area contributed by atoms with Gasteiger partial charge >= 0.3 is 0 Å². The van der Waals surface area contributed by atoms with Crippen LogP contribution in [0.4, 0.5) is 5.69 Å². The molecule has 4 nitrogen and oxygen atoms in total. The van der Waals surface area contributed by atoms with Crippen LogP contribution >= 0.6 is 11.8 Å². The summed E-state index contributed by atoms with van der Waals surface area (Å²) in [5, 5.41) is 4.57. The number of ether oxygens (including phenoxy) is 1. The van der Waals surface area contributed by atoms with Crippen molar-refractivity contribution in [2.75, 3.05) is 18.2 Å². The van der Waals surface area contributed by atoms with Crippen molar-refractivity contribution in [3.63, 3.8) is 0 Å². The predicted molar refractivity (Wildman–Crippen MR) is 121 cm³/mol. The second kappa shape index (κ2) is 7.48. The molecule has 146 valence electrons. The van der Waals surface area contributed by atoms with Crippen molar-refractivity contribution in [1.29, 1.82) is 0 Å². The molecule has 0 atom stereocenters. The third-order valence-corrected chi connectivity index (χ3v) is 6.19. The molecule has 29 heavy (non-hydrogen) atoms. The summed E-state index contributed by atoms with van der Waals surface area (Å²) in [6.07, 6.45) is 3.09. The summed E-state index contributed by atoms with van der Waals surface area (Å²) in [7, 11) is 0. The Morgan fingerprint density at radius 2 is 2.00 bits per heavy atom. The molecule has 0 bridgehead atoms. The van der Waals surface area contributed by atoms with Crippen LogP contribution < -0.4 is 10.1 Å². The van der Waals surface area contributed by atoms with Gasteiger partial charge in [0.2, 0.25) is 0 Å². The number of hydrogen-bond acceptors (Lipinski definition) is 4. The van der Waals surface area contributed by atoms with E-state index in [9.17, 15) is 0 Å². The monoisotopic (exact) mass is 401 g/mol. The first-order valence-electron chi connectivity index (χ1n) is 9.84. The van der Waals surface area contributed by atoms with Gasteiger partial charge in [-0.3, -0.25) is 4.57 Å². The molecule has 5 rings (SSSR count). The van der Waals surface area contributed by atoms with Gasteiger partial charge in [-0.1, -0.05) is 42.1 Å². The first kappa shape index (κ1) is 18.1. The van der Waals surface area contributed by atoms with Gasteiger partial charge in [-0.25, -0.2) is 4.98 Å². The molecule has 0 unspecified atom stereocenters. The lowest BCUT2D eigenvalue weighted by Gasteiger charge is -2.16. The number of aromatic nitrogens is 2. The Bertz CT molecular complexity index is 1200. The van der Waals surface area contributed by atoms with E-state index in [2.05, 4.69) is 77.7 Å². The van der Waals surface area contributed by atoms with Crippen LogP contribution in [0.2, 0.25) is 0 Å². The number of benzene rings is 3. The van der Waals surface area contributed by atoms with E-state index in [-0.39, 0.29) is 0 Å². The van der Waals surface area contributed by atoms with Gasteiger partial charge in [0.15, 0.2) is 5.16 Å². The highest BCUT2D eigenvalue weighted by Gasteiger charge is 2.15. The smallest absolute Gasteiger partial charge is 0.173 e. The Morgan fingerprint density at radius 1 is 1.10 bits per heavy atom. The number of nitrogens with one attached hydrogen (secondary N) is 1. The summed E-state index contributed by atoms with van der Waals surface area (Å²) < 4.78 is 7.96. The summed E-state index contributed by atoms with van der Waals surface area (Å²) in [6.45, 7) is 3.74. The van der Waals surface area contributed by atoms with E-state index >= 15 is 0 Å². The normalized spacial score (nSPS) is 12.8. The number of imidazole rings is 1. The number of fused-ring (bicyclic) bond motifs is 2. The zero-order valence-corrected chi connectivity index (χ0v) is 17.4. The number of hydrogen-bond donors (Lipinski definition) is 1. The number of para-hydroxylation sites is 2. The number of anilines is 1. The highest BCUT2D eigenvalue weighted by molar-refractivity contribution is 7.98. The molecule has 1 aromatic heterocycles. The van der Waals surface area contributed by atoms with Gasteiger partial charge in [-0.2, -0.15) is 0 Å². The summed E-state index contributed by atoms with van der Waals surface area (Å²) in [6, 6.07) is 21.2. The van der Waals surface area contributed by atoms with Crippen molar-refractivity contribution in [2.24, 2.45) is 0 Å². The van der Waals surface area contributed by atoms with Crippen LogP contribution in [-0.2, 0) is 13.0 Å². The van der Waals surface area contributed by atoms with Crippen LogP contribution in [-0.4, -0.2) is 22.4 Å². The average Bonchev–Trinajstić information content (AvgIpc) is 3.36. The molecule has 0 saturated carbocycles. The van der Waals surface area contributed by atoms with Crippen molar-refractivity contribution in [3.05, 3.63) is 77.4 Å². The van der Waals surface area contributed by atoms with Gasteiger partial charge in [0.1, 0.15) is 5.75 Å². The van der Waals surface area contributed by atoms with E-state index < -0.39 is 0 Å². The third-order valence-electron chi connectivity index (χ3n) is 5.55. The SMILES string of the molecule is CSc1nc2ccccc2n1-c1cccc(CNc2ccc3c(c2)OCC3)c1C. The second-order valence-corrected chi connectivity index (χ2v) is 8.03. The first-order chi connectivity index (χ1) is 14.2. The lowest BCUT2D eigenvalue weighted by Crippen LogP contribution is -2.05. The van der Waals surface area contributed by atoms with Crippen LogP contribution in [0.5, 0.6) is 5.75 Å². The Hall–Kier alpha value is -2.92. The zero-order chi connectivity index (χ0) is 19.8. The van der Waals surface area contributed by atoms with Gasteiger partial charge in [0, 0.05) is 24.7 Å². The van der Waals surface area contributed by atoms with Gasteiger partial charge in [0.25, 0.3) is 0 Å². The summed E-state index contributed by atoms with van der Waals surface area (Å²) in [5.41, 5.74) is 8.27. The molecule has 0 aliphatic carbocycles. The molecule has 0 radical (unpaired) electrons. The maximum atomic E-state index is 5.70. The average molecular weight is 402 g/mol. The Labute approximate surface area is 174 Å². The minimum Gasteiger partial charge on any atom is -0.493 e. The molecule has 0 fully saturated rings. The van der Waals surface area contributed by atoms with Crippen molar-refractivity contribution >= 4 is 28.5 Å². The highest BCUT2D eigenvalue weighted by Crippen LogP contribution is 2.31. The van der Waals surface area contributed by atoms with Gasteiger partial charge in [-0.05, 0) is 54.1 Å². The topological polar surface area (TPSA) is 39.1 Å². The summed E-state index contributed by atoms with van der Waals surface area (Å²) in [4.78, 5) is 4.80. The van der Waals surface area contributed by atoms with Crippen molar-refractivity contribution in [1.82, 2.24) is 9.55 Å². The Kier molecular flexibility index (Phi) is 4.68. The fourth-order valence-electron chi connectivity index (χ4n) is 3.95. The van der Waals surface area contributed by atoms with Gasteiger partial charge in [-0.15, -0.1) is 0 Å². The molecular weight excluding hydrogens is 378 g/mol. The standard InChI is InChI=1S/C24H23N3OS/c1-16-18(15-25-19-11-10-17-12-13-28-23(17)14-19)6-5-9-21(16)27-22-8-4-3-7-20(22)26-24(27)29-2/h3-11,14,25H,12-13,15H2,1-2H3. The molecule has 0 saturated heterocycles. The minimum atomic E-state index is 0.764. The van der Waals surface area contributed by atoms with Crippen LogP contribution in [0.15, 0.2) is 65.8 Å². The predicted octanol–water partition coefficient (Wildman–Crippen LogP) is 5.60. The van der Waals surface area contributed by atoms with Crippen molar-refractivity contribution < 1.29 is 4.74 Å². The van der Waals surface area contributed by atoms with E-state index in [1.807, 2.05) is 6.07 Å². The fourth-order valence-corrected chi connectivity index (χ4v) is 4.52. The van der Waals surface area contributed by atoms with E-state index in [0.717, 1.165) is 47.2 Å². The quantitative estimate of drug-likeness (QED) is 0.442. The molecular formula is C24H23N3OS. The van der Waals surface area contributed by atoms with Crippen molar-refractivity contribution in [2.45, 2.75) is 25.0 Å². The molecule has 0 spiro atoms. The molecule has 5 heteroatoms. The van der Waals surface area contributed by atoms with Gasteiger partial charge in [0.05, 0.1) is 23.3 Å². The van der Waals surface area contributed by atoms with Gasteiger partial charge < -0.3 is 10.1 Å². The number of rotatable bonds is 5. The van der Waals surface area contributed by atoms with Crippen LogP contribution in [0.3, 0.4) is 0 Å². The number of nitrogens with zero attached hydrogens (tertiary/aromatic N) is 2. The molecule has 1 aliphatic heterocycles. The zero-order valence-electron chi connectivity index (χ0n) is 16.6. The summed E-state index contributed by atoms with van der Waals surface area (Å²) in [5.74, 6) is 1.01. The van der Waals surface area contributed by atoms with E-state index in [1.54, 1.807) is 11.8 Å². The molecule has 0 amide bonds. The lowest BCUT2D eigenvalue weighted by molar-refractivity contribution is 0.357. The Morgan fingerprint density at radius 3 is 2.90 bits per heavy atom. The van der Waals surface area contributed by atoms with E-state index in [0.29, 0.717) is 0 Å². The highest BCUT2D eigenvalue weighted by atomic mass is 32.2. The molecule has 1 aliphatic rings. The first-order valence-corrected chi connectivity index (χ1v) is 11.1. The molecule has 3 aromatic carbocycles. The van der Waals surface area contributed by atoms with E-state index in [1.165, 1.54) is 22.4 Å². The van der Waals surface area contributed by atoms with Crippen LogP contribution in [0.1, 0.15) is 16.7 Å². The van der Waals surface area contributed by atoms with Crippen LogP contribution in [0.25, 0.3) is 16.7 Å². The molecule has 4 aromatic rings. The molecule has 2 heterocycles. The van der Waals surface area contributed by atoms with E-state index in [4.69, 9.17) is 9.72 Å². The fraction of sp³-hybridized carbons (Fsp3) is 0.208. The Balaban J connectivity index is 1.48. The number of thioether (sulfide) groups is 1. The van der Waals surface area contributed by atoms with Crippen molar-refractivity contribution in [3.8, 4) is 11.4 Å². The molecule has 1 N–H and O–H groups in total. The second-order valence-electron chi connectivity index (χ2n) is 7.26. The largest absolute Gasteiger partial charge is 0.493 e. The summed E-state index contributed by atoms with van der Waals surface area (Å²) >= 11 is 1.67. The maximum absolute atomic E-state index is 5.70. The minimum absolute atomic E-state index is 0.764.